The molecule has 1 unspecified atom stereocenters. The van der Waals surface area contributed by atoms with E-state index >= 15 is 0 Å². The highest BCUT2D eigenvalue weighted by Crippen LogP contribution is 2.20. The van der Waals surface area contributed by atoms with Crippen LogP contribution >= 0.6 is 0 Å². The summed E-state index contributed by atoms with van der Waals surface area (Å²) in [5.74, 6) is -0.246. The molecule has 0 saturated carbocycles. The van der Waals surface area contributed by atoms with E-state index in [1.165, 1.54) is 12.1 Å². The molecule has 0 aliphatic carbocycles. The Labute approximate surface area is 97.8 Å². The number of amides is 1. The molecule has 1 aromatic rings. The Hall–Kier alpha value is -1.69. The lowest BCUT2D eigenvalue weighted by Crippen LogP contribution is -2.32. The van der Waals surface area contributed by atoms with Crippen LogP contribution in [-0.4, -0.2) is 19.1 Å². The number of rotatable bonds is 5. The van der Waals surface area contributed by atoms with Crippen LogP contribution < -0.4 is 15.8 Å². The van der Waals surface area contributed by atoms with Crippen LogP contribution in [0.3, 0.4) is 0 Å². The highest BCUT2D eigenvalue weighted by molar-refractivity contribution is 5.78. The molecule has 3 N–H and O–H groups in total. The van der Waals surface area contributed by atoms with Crippen molar-refractivity contribution in [3.05, 3.63) is 29.8 Å². The average molecular weight is 244 g/mol. The van der Waals surface area contributed by atoms with Gasteiger partial charge in [0.15, 0.2) is 0 Å². The Morgan fingerprint density at radius 1 is 1.53 bits per heavy atom. The maximum Gasteiger partial charge on any atom is 0.387 e. The van der Waals surface area contributed by atoms with Gasteiger partial charge < -0.3 is 15.8 Å². The van der Waals surface area contributed by atoms with E-state index in [-0.39, 0.29) is 24.2 Å². The monoisotopic (exact) mass is 244 g/mol. The van der Waals surface area contributed by atoms with E-state index in [0.29, 0.717) is 5.56 Å². The van der Waals surface area contributed by atoms with Crippen LogP contribution in [0.15, 0.2) is 24.3 Å². The Kier molecular flexibility index (Phi) is 4.84. The molecule has 94 valence electrons. The number of hydrogen-bond acceptors (Lipinski definition) is 3. The summed E-state index contributed by atoms with van der Waals surface area (Å²) in [5.41, 5.74) is 5.83. The Balaban J connectivity index is 2.73. The molecular weight excluding hydrogens is 230 g/mol. The summed E-state index contributed by atoms with van der Waals surface area (Å²) in [5, 5.41) is 2.62. The van der Waals surface area contributed by atoms with Gasteiger partial charge in [-0.25, -0.2) is 0 Å². The molecule has 0 aliphatic rings. The van der Waals surface area contributed by atoms with Gasteiger partial charge in [0.2, 0.25) is 5.91 Å². The normalized spacial score (nSPS) is 12.3. The number of halogens is 2. The first-order valence-electron chi connectivity index (χ1n) is 5.07. The second kappa shape index (κ2) is 6.15. The molecular formula is C11H14F2N2O2. The molecule has 0 aliphatic heterocycles. The first-order chi connectivity index (χ1) is 8.02. The van der Waals surface area contributed by atoms with Gasteiger partial charge in [-0.2, -0.15) is 8.78 Å². The summed E-state index contributed by atoms with van der Waals surface area (Å²) in [6.07, 6.45) is 0. The smallest absolute Gasteiger partial charge is 0.387 e. The number of alkyl halides is 2. The summed E-state index contributed by atoms with van der Waals surface area (Å²) in [6.45, 7) is -1.24. The van der Waals surface area contributed by atoms with Gasteiger partial charge in [-0.05, 0) is 24.6 Å². The molecule has 4 nitrogen and oxygen atoms in total. The summed E-state index contributed by atoms with van der Waals surface area (Å²) >= 11 is 0. The third-order valence-electron chi connectivity index (χ3n) is 2.15. The second-order valence-electron chi connectivity index (χ2n) is 3.44. The third-order valence-corrected chi connectivity index (χ3v) is 2.15. The molecule has 1 amide bonds. The SMILES string of the molecule is CC(NC(=O)CN)c1cccc(OC(F)F)c1. The van der Waals surface area contributed by atoms with Crippen molar-refractivity contribution in [2.45, 2.75) is 19.6 Å². The number of carbonyl (C=O) groups is 1. The number of benzene rings is 1. The fourth-order valence-corrected chi connectivity index (χ4v) is 1.34. The van der Waals surface area contributed by atoms with Crippen molar-refractivity contribution in [2.24, 2.45) is 5.73 Å². The van der Waals surface area contributed by atoms with Crippen LogP contribution in [0.25, 0.3) is 0 Å². The molecule has 1 atom stereocenters. The molecule has 0 fully saturated rings. The van der Waals surface area contributed by atoms with Crippen molar-refractivity contribution < 1.29 is 18.3 Å². The number of nitrogens with one attached hydrogen (secondary N) is 1. The first kappa shape index (κ1) is 13.4. The van der Waals surface area contributed by atoms with Gasteiger partial charge in [0.1, 0.15) is 5.75 Å². The van der Waals surface area contributed by atoms with Gasteiger partial charge in [-0.3, -0.25) is 4.79 Å². The molecule has 0 saturated heterocycles. The Morgan fingerprint density at radius 2 is 2.24 bits per heavy atom. The van der Waals surface area contributed by atoms with Crippen LogP contribution in [0.2, 0.25) is 0 Å². The molecule has 0 spiro atoms. The minimum atomic E-state index is -2.86. The second-order valence-corrected chi connectivity index (χ2v) is 3.44. The topological polar surface area (TPSA) is 64.4 Å². The molecule has 0 aromatic heterocycles. The van der Waals surface area contributed by atoms with Crippen molar-refractivity contribution >= 4 is 5.91 Å². The summed E-state index contributed by atoms with van der Waals surface area (Å²) < 4.78 is 28.3. The Morgan fingerprint density at radius 3 is 2.82 bits per heavy atom. The fourth-order valence-electron chi connectivity index (χ4n) is 1.34. The lowest BCUT2D eigenvalue weighted by Gasteiger charge is -2.14. The van der Waals surface area contributed by atoms with Crippen molar-refractivity contribution in [3.63, 3.8) is 0 Å². The van der Waals surface area contributed by atoms with Crippen LogP contribution in [0.4, 0.5) is 8.78 Å². The van der Waals surface area contributed by atoms with E-state index in [0.717, 1.165) is 0 Å². The van der Waals surface area contributed by atoms with Crippen LogP contribution in [0.1, 0.15) is 18.5 Å². The van der Waals surface area contributed by atoms with E-state index in [9.17, 15) is 13.6 Å². The van der Waals surface area contributed by atoms with Gasteiger partial charge in [-0.15, -0.1) is 0 Å². The van der Waals surface area contributed by atoms with Gasteiger partial charge in [-0.1, -0.05) is 12.1 Å². The average Bonchev–Trinajstić information content (AvgIpc) is 2.28. The highest BCUT2D eigenvalue weighted by atomic mass is 19.3. The summed E-state index contributed by atoms with van der Waals surface area (Å²) in [7, 11) is 0. The minimum absolute atomic E-state index is 0.0614. The van der Waals surface area contributed by atoms with Gasteiger partial charge >= 0.3 is 6.61 Å². The van der Waals surface area contributed by atoms with Gasteiger partial charge in [0, 0.05) is 0 Å². The van der Waals surface area contributed by atoms with Crippen molar-refractivity contribution in [3.8, 4) is 5.75 Å². The molecule has 0 heterocycles. The van der Waals surface area contributed by atoms with Crippen LogP contribution in [0, 0.1) is 0 Å². The largest absolute Gasteiger partial charge is 0.435 e. The Bertz CT molecular complexity index is 385. The molecule has 0 bridgehead atoms. The first-order valence-corrected chi connectivity index (χ1v) is 5.07. The van der Waals surface area contributed by atoms with Crippen molar-refractivity contribution in [1.82, 2.24) is 5.32 Å². The van der Waals surface area contributed by atoms with Crippen LogP contribution in [-0.2, 0) is 4.79 Å². The van der Waals surface area contributed by atoms with E-state index in [4.69, 9.17) is 5.73 Å². The highest BCUT2D eigenvalue weighted by Gasteiger charge is 2.10. The van der Waals surface area contributed by atoms with E-state index in [1.54, 1.807) is 19.1 Å². The molecule has 0 radical (unpaired) electrons. The number of ether oxygens (including phenoxy) is 1. The number of carbonyl (C=O) groups excluding carboxylic acids is 1. The fraction of sp³-hybridized carbons (Fsp3) is 0.364. The summed E-state index contributed by atoms with van der Waals surface area (Å²) in [4.78, 5) is 11.1. The van der Waals surface area contributed by atoms with Gasteiger partial charge in [0.25, 0.3) is 0 Å². The summed E-state index contributed by atoms with van der Waals surface area (Å²) in [6, 6.07) is 5.85. The molecule has 1 rings (SSSR count). The maximum absolute atomic E-state index is 12.0. The van der Waals surface area contributed by atoms with Gasteiger partial charge in [0.05, 0.1) is 12.6 Å². The number of nitrogens with two attached hydrogens (primary N) is 1. The van der Waals surface area contributed by atoms with Crippen molar-refractivity contribution in [1.29, 1.82) is 0 Å². The van der Waals surface area contributed by atoms with E-state index < -0.39 is 6.61 Å². The quantitative estimate of drug-likeness (QED) is 0.823. The molecule has 17 heavy (non-hydrogen) atoms. The van der Waals surface area contributed by atoms with E-state index in [2.05, 4.69) is 10.1 Å². The standard InChI is InChI=1S/C11H14F2N2O2/c1-7(15-10(16)6-14)8-3-2-4-9(5-8)17-11(12)13/h2-5,7,11H,6,14H2,1H3,(H,15,16). The maximum atomic E-state index is 12.0. The predicted molar refractivity (Wildman–Crippen MR) is 58.7 cm³/mol. The number of hydrogen-bond donors (Lipinski definition) is 2. The minimum Gasteiger partial charge on any atom is -0.435 e. The lowest BCUT2D eigenvalue weighted by atomic mass is 10.1. The van der Waals surface area contributed by atoms with Crippen LogP contribution in [0.5, 0.6) is 5.75 Å². The zero-order chi connectivity index (χ0) is 12.8. The molecule has 1 aromatic carbocycles. The molecule has 6 heteroatoms. The lowest BCUT2D eigenvalue weighted by molar-refractivity contribution is -0.120. The third kappa shape index (κ3) is 4.36. The van der Waals surface area contributed by atoms with E-state index in [1.807, 2.05) is 0 Å². The zero-order valence-corrected chi connectivity index (χ0v) is 9.32. The zero-order valence-electron chi connectivity index (χ0n) is 9.32. The van der Waals surface area contributed by atoms with Crippen molar-refractivity contribution in [2.75, 3.05) is 6.54 Å². The predicted octanol–water partition coefficient (Wildman–Crippen LogP) is 1.42.